The molecule has 1 aromatic carbocycles. The number of benzene rings is 1. The van der Waals surface area contributed by atoms with Crippen molar-refractivity contribution >= 4 is 38.9 Å². The molecular weight excluding hydrogens is 424 g/mol. The van der Waals surface area contributed by atoms with Crippen molar-refractivity contribution in [3.63, 3.8) is 0 Å². The van der Waals surface area contributed by atoms with Crippen LogP contribution in [-0.2, 0) is 14.8 Å². The number of nitrogens with one attached hydrogen (secondary N) is 1. The van der Waals surface area contributed by atoms with Crippen LogP contribution in [0.4, 0.5) is 11.4 Å². The van der Waals surface area contributed by atoms with E-state index in [-0.39, 0.29) is 35.0 Å². The summed E-state index contributed by atoms with van der Waals surface area (Å²) in [7, 11) is -3.71. The van der Waals surface area contributed by atoms with Crippen LogP contribution in [0.2, 0.25) is 5.15 Å². The minimum absolute atomic E-state index is 0.00768. The van der Waals surface area contributed by atoms with Gasteiger partial charge in [0.05, 0.1) is 0 Å². The summed E-state index contributed by atoms with van der Waals surface area (Å²) >= 11 is 5.97. The number of aromatic nitrogens is 1. The maximum Gasteiger partial charge on any atom is 0.246 e. The van der Waals surface area contributed by atoms with Crippen LogP contribution in [0.15, 0.2) is 47.5 Å². The highest BCUT2D eigenvalue weighted by atomic mass is 35.5. The zero-order valence-corrected chi connectivity index (χ0v) is 18.2. The summed E-state index contributed by atoms with van der Waals surface area (Å²) in [4.78, 5) is 18.9. The number of pyridine rings is 1. The molecule has 30 heavy (non-hydrogen) atoms. The zero-order valence-electron chi connectivity index (χ0n) is 16.6. The van der Waals surface area contributed by atoms with Gasteiger partial charge >= 0.3 is 0 Å². The molecule has 1 N–H and O–H groups in total. The average Bonchev–Trinajstić information content (AvgIpc) is 3.29. The molecule has 0 unspecified atom stereocenters. The quantitative estimate of drug-likeness (QED) is 0.709. The molecule has 3 heterocycles. The Balaban J connectivity index is 1.37. The van der Waals surface area contributed by atoms with Gasteiger partial charge in [0.2, 0.25) is 15.9 Å². The van der Waals surface area contributed by atoms with Crippen LogP contribution in [0.1, 0.15) is 25.7 Å². The number of hydrogen-bond donors (Lipinski definition) is 1. The maximum atomic E-state index is 12.8. The molecule has 2 aliphatic rings. The Morgan fingerprint density at radius 2 is 1.80 bits per heavy atom. The lowest BCUT2D eigenvalue weighted by Gasteiger charge is -2.30. The fourth-order valence-electron chi connectivity index (χ4n) is 4.06. The van der Waals surface area contributed by atoms with Gasteiger partial charge < -0.3 is 10.2 Å². The predicted octanol–water partition coefficient (Wildman–Crippen LogP) is 3.37. The Morgan fingerprint density at radius 1 is 1.07 bits per heavy atom. The highest BCUT2D eigenvalue weighted by Gasteiger charge is 2.33. The first-order chi connectivity index (χ1) is 14.4. The monoisotopic (exact) mass is 448 g/mol. The van der Waals surface area contributed by atoms with Crippen LogP contribution in [0.25, 0.3) is 0 Å². The number of anilines is 2. The van der Waals surface area contributed by atoms with Gasteiger partial charge in [-0.25, -0.2) is 13.4 Å². The Hall–Kier alpha value is -2.16. The Bertz CT molecular complexity index is 1020. The number of sulfonamides is 1. The SMILES string of the molecule is O=C(Nc1cccc(N2CCCC2)c1)C1CCN(S(=O)(=O)c2cccnc2Cl)CC1. The average molecular weight is 449 g/mol. The molecule has 0 bridgehead atoms. The van der Waals surface area contributed by atoms with E-state index in [1.165, 1.54) is 29.4 Å². The lowest BCUT2D eigenvalue weighted by Crippen LogP contribution is -2.41. The number of piperidine rings is 1. The van der Waals surface area contributed by atoms with Gasteiger partial charge in [0, 0.05) is 49.7 Å². The molecule has 0 radical (unpaired) electrons. The summed E-state index contributed by atoms with van der Waals surface area (Å²) in [5, 5.41) is 2.97. The number of nitrogens with zero attached hydrogens (tertiary/aromatic N) is 3. The van der Waals surface area contributed by atoms with Gasteiger partial charge in [-0.2, -0.15) is 4.31 Å². The van der Waals surface area contributed by atoms with Gasteiger partial charge in [0.1, 0.15) is 10.0 Å². The second-order valence-electron chi connectivity index (χ2n) is 7.70. The van der Waals surface area contributed by atoms with E-state index in [1.807, 2.05) is 18.2 Å². The van der Waals surface area contributed by atoms with Crippen molar-refractivity contribution in [2.75, 3.05) is 36.4 Å². The van der Waals surface area contributed by atoms with E-state index in [9.17, 15) is 13.2 Å². The van der Waals surface area contributed by atoms with Crippen LogP contribution in [0.3, 0.4) is 0 Å². The van der Waals surface area contributed by atoms with Gasteiger partial charge in [-0.05, 0) is 56.0 Å². The molecule has 9 heteroatoms. The van der Waals surface area contributed by atoms with Crippen LogP contribution in [-0.4, -0.2) is 49.8 Å². The molecule has 4 rings (SSSR count). The summed E-state index contributed by atoms with van der Waals surface area (Å²) in [6, 6.07) is 10.9. The largest absolute Gasteiger partial charge is 0.371 e. The molecule has 7 nitrogen and oxygen atoms in total. The molecule has 2 saturated heterocycles. The third-order valence-electron chi connectivity index (χ3n) is 5.75. The summed E-state index contributed by atoms with van der Waals surface area (Å²) in [5.74, 6) is -0.290. The third-order valence-corrected chi connectivity index (χ3v) is 8.10. The first-order valence-corrected chi connectivity index (χ1v) is 12.0. The number of amides is 1. The summed E-state index contributed by atoms with van der Waals surface area (Å²) in [5.41, 5.74) is 1.90. The molecule has 2 aliphatic heterocycles. The highest BCUT2D eigenvalue weighted by molar-refractivity contribution is 7.89. The van der Waals surface area contributed by atoms with Crippen molar-refractivity contribution in [3.8, 4) is 0 Å². The fraction of sp³-hybridized carbons (Fsp3) is 0.429. The number of carbonyl (C=O) groups excluding carboxylic acids is 1. The molecule has 0 saturated carbocycles. The normalized spacial score (nSPS) is 18.5. The van der Waals surface area contributed by atoms with Crippen LogP contribution in [0, 0.1) is 5.92 Å². The summed E-state index contributed by atoms with van der Waals surface area (Å²) in [6.45, 7) is 2.65. The van der Waals surface area contributed by atoms with Gasteiger partial charge in [-0.1, -0.05) is 17.7 Å². The number of hydrogen-bond acceptors (Lipinski definition) is 5. The van der Waals surface area contributed by atoms with Crippen molar-refractivity contribution in [1.82, 2.24) is 9.29 Å². The second-order valence-corrected chi connectivity index (χ2v) is 9.97. The molecular formula is C21H25ClN4O3S. The zero-order chi connectivity index (χ0) is 21.1. The van der Waals surface area contributed by atoms with E-state index in [1.54, 1.807) is 6.07 Å². The lowest BCUT2D eigenvalue weighted by molar-refractivity contribution is -0.120. The molecule has 2 fully saturated rings. The molecule has 160 valence electrons. The lowest BCUT2D eigenvalue weighted by atomic mass is 9.97. The van der Waals surface area contributed by atoms with Crippen molar-refractivity contribution in [2.24, 2.45) is 5.92 Å². The Morgan fingerprint density at radius 3 is 2.50 bits per heavy atom. The molecule has 0 aliphatic carbocycles. The standard InChI is InChI=1S/C21H25ClN4O3S/c22-20-19(7-4-10-23-20)30(28,29)26-13-8-16(9-14-26)21(27)24-17-5-3-6-18(15-17)25-11-1-2-12-25/h3-7,10,15-16H,1-2,8-9,11-14H2,(H,24,27). The number of carbonyl (C=O) groups is 1. The summed E-state index contributed by atoms with van der Waals surface area (Å²) < 4.78 is 27.1. The molecule has 1 aromatic heterocycles. The van der Waals surface area contributed by atoms with Crippen molar-refractivity contribution in [1.29, 1.82) is 0 Å². The third kappa shape index (κ3) is 4.45. The van der Waals surface area contributed by atoms with E-state index in [0.717, 1.165) is 24.5 Å². The summed E-state index contributed by atoms with van der Waals surface area (Å²) in [6.07, 6.45) is 4.78. The topological polar surface area (TPSA) is 82.6 Å². The second kappa shape index (κ2) is 8.91. The van der Waals surface area contributed by atoms with E-state index >= 15 is 0 Å². The van der Waals surface area contributed by atoms with Gasteiger partial charge in [0.25, 0.3) is 0 Å². The predicted molar refractivity (Wildman–Crippen MR) is 117 cm³/mol. The minimum atomic E-state index is -3.71. The van der Waals surface area contributed by atoms with Crippen LogP contribution in [0.5, 0.6) is 0 Å². The van der Waals surface area contributed by atoms with E-state index in [2.05, 4.69) is 21.3 Å². The van der Waals surface area contributed by atoms with Crippen molar-refractivity contribution < 1.29 is 13.2 Å². The van der Waals surface area contributed by atoms with Crippen LogP contribution < -0.4 is 10.2 Å². The highest BCUT2D eigenvalue weighted by Crippen LogP contribution is 2.28. The Labute approximate surface area is 182 Å². The molecule has 0 atom stereocenters. The minimum Gasteiger partial charge on any atom is -0.371 e. The molecule has 2 aromatic rings. The molecule has 1 amide bonds. The fourth-order valence-corrected chi connectivity index (χ4v) is 5.96. The Kier molecular flexibility index (Phi) is 6.26. The van der Waals surface area contributed by atoms with Crippen molar-refractivity contribution in [2.45, 2.75) is 30.6 Å². The first kappa shape index (κ1) is 21.1. The smallest absolute Gasteiger partial charge is 0.246 e. The van der Waals surface area contributed by atoms with Gasteiger partial charge in [-0.15, -0.1) is 0 Å². The first-order valence-electron chi connectivity index (χ1n) is 10.2. The van der Waals surface area contributed by atoms with Crippen molar-refractivity contribution in [3.05, 3.63) is 47.7 Å². The molecule has 0 spiro atoms. The van der Waals surface area contributed by atoms with E-state index in [0.29, 0.717) is 12.8 Å². The van der Waals surface area contributed by atoms with Gasteiger partial charge in [-0.3, -0.25) is 4.79 Å². The number of halogens is 1. The van der Waals surface area contributed by atoms with E-state index < -0.39 is 10.0 Å². The van der Waals surface area contributed by atoms with Gasteiger partial charge in [0.15, 0.2) is 0 Å². The van der Waals surface area contributed by atoms with Crippen LogP contribution >= 0.6 is 11.6 Å². The number of rotatable bonds is 5. The maximum absolute atomic E-state index is 12.8. The van der Waals surface area contributed by atoms with E-state index in [4.69, 9.17) is 11.6 Å².